The molecule has 228 valence electrons. The normalized spacial score (nSPS) is 54.9. The molecule has 1 aliphatic heterocycles. The van der Waals surface area contributed by atoms with Crippen LogP contribution in [0.25, 0.3) is 0 Å². The van der Waals surface area contributed by atoms with Crippen LogP contribution in [0.1, 0.15) is 18.4 Å². The maximum Gasteiger partial charge on any atom is 0.120 e. The maximum atomic E-state index is 13.1. The molecule has 0 radical (unpaired) electrons. The minimum Gasteiger partial charge on any atom is -0.392 e. The maximum absolute atomic E-state index is 13.1. The highest BCUT2D eigenvalue weighted by molar-refractivity contribution is 5.40. The van der Waals surface area contributed by atoms with Crippen LogP contribution in [0.3, 0.4) is 0 Å². The van der Waals surface area contributed by atoms with Crippen molar-refractivity contribution in [2.45, 2.75) is 73.3 Å². The Kier molecular flexibility index (Phi) is 6.56. The number of aliphatic hydroxyl groups is 4. The van der Waals surface area contributed by atoms with Gasteiger partial charge in [-0.1, -0.05) is 30.3 Å². The Morgan fingerprint density at radius 1 is 0.951 bits per heavy atom. The number of benzene rings is 1. The van der Waals surface area contributed by atoms with Crippen molar-refractivity contribution < 1.29 is 44.1 Å². The van der Waals surface area contributed by atoms with Gasteiger partial charge in [-0.25, -0.2) is 0 Å². The number of fused-ring (bicyclic) bond motifs is 2. The lowest BCUT2D eigenvalue weighted by atomic mass is 9.42. The van der Waals surface area contributed by atoms with E-state index in [4.69, 9.17) is 23.7 Å². The predicted octanol–water partition coefficient (Wildman–Crippen LogP) is 0.0470. The second-order valence-corrected chi connectivity index (χ2v) is 13.7. The molecule has 6 unspecified atom stereocenters. The molecule has 1 spiro atoms. The largest absolute Gasteiger partial charge is 0.392 e. The molecule has 4 N–H and O–H groups in total. The van der Waals surface area contributed by atoms with Crippen LogP contribution in [0.5, 0.6) is 0 Å². The van der Waals surface area contributed by atoms with Gasteiger partial charge in [0.15, 0.2) is 0 Å². The van der Waals surface area contributed by atoms with Crippen molar-refractivity contribution >= 4 is 0 Å². The zero-order chi connectivity index (χ0) is 29.1. The van der Waals surface area contributed by atoms with Crippen LogP contribution in [0.15, 0.2) is 30.3 Å². The molecule has 5 saturated carbocycles. The van der Waals surface area contributed by atoms with Gasteiger partial charge < -0.3 is 49.0 Å². The SMILES string of the molecule is COC[C@]12CN(C)C3C4[C@H](OC)C1C3(C1C[C@]3(O)[C@H](OCc5ccccc5)C1[C@]4(O)[C@H](O)[C@@H]3OC)[C@@H](OC)C[C@H]2O. The van der Waals surface area contributed by atoms with Gasteiger partial charge in [0.05, 0.1) is 37.6 Å². The summed E-state index contributed by atoms with van der Waals surface area (Å²) in [6, 6.07) is 9.54. The number of methoxy groups -OCH3 is 4. The van der Waals surface area contributed by atoms with Crippen LogP contribution in [0.2, 0.25) is 0 Å². The summed E-state index contributed by atoms with van der Waals surface area (Å²) in [6.07, 6.45) is -4.15. The van der Waals surface area contributed by atoms with Crippen LogP contribution >= 0.6 is 0 Å². The summed E-state index contributed by atoms with van der Waals surface area (Å²) in [6.45, 7) is 1.12. The van der Waals surface area contributed by atoms with Crippen molar-refractivity contribution in [2.75, 3.05) is 48.6 Å². The molecule has 6 fully saturated rings. The minimum atomic E-state index is -1.69. The minimum absolute atomic E-state index is 0.228. The summed E-state index contributed by atoms with van der Waals surface area (Å²) in [5, 5.41) is 49.5. The summed E-state index contributed by atoms with van der Waals surface area (Å²) < 4.78 is 30.9. The van der Waals surface area contributed by atoms with Gasteiger partial charge in [0, 0.05) is 76.0 Å². The molecule has 7 rings (SSSR count). The lowest BCUT2D eigenvalue weighted by molar-refractivity contribution is -0.325. The number of aliphatic hydroxyl groups excluding tert-OH is 2. The molecule has 7 bridgehead atoms. The summed E-state index contributed by atoms with van der Waals surface area (Å²) in [5.74, 6) is -1.72. The predicted molar refractivity (Wildman–Crippen MR) is 146 cm³/mol. The molecule has 0 amide bonds. The molecule has 1 heterocycles. The fraction of sp³-hybridized carbons (Fsp3) is 0.806. The van der Waals surface area contributed by atoms with Crippen molar-refractivity contribution in [1.82, 2.24) is 4.90 Å². The Hall–Kier alpha value is -1.18. The summed E-state index contributed by atoms with van der Waals surface area (Å²) >= 11 is 0. The topological polar surface area (TPSA) is 130 Å². The summed E-state index contributed by atoms with van der Waals surface area (Å²) in [7, 11) is 8.50. The van der Waals surface area contributed by atoms with E-state index in [9.17, 15) is 20.4 Å². The Morgan fingerprint density at radius 2 is 1.68 bits per heavy atom. The Bertz CT molecular complexity index is 1160. The van der Waals surface area contributed by atoms with E-state index >= 15 is 0 Å². The van der Waals surface area contributed by atoms with Gasteiger partial charge in [0.2, 0.25) is 0 Å². The van der Waals surface area contributed by atoms with Gasteiger partial charge in [-0.05, 0) is 24.9 Å². The van der Waals surface area contributed by atoms with Crippen molar-refractivity contribution in [1.29, 1.82) is 0 Å². The molecule has 0 aromatic heterocycles. The Balaban J connectivity index is 1.46. The first-order chi connectivity index (χ1) is 19.6. The quantitative estimate of drug-likeness (QED) is 0.337. The molecule has 41 heavy (non-hydrogen) atoms. The van der Waals surface area contributed by atoms with Gasteiger partial charge >= 0.3 is 0 Å². The van der Waals surface area contributed by atoms with Crippen LogP contribution in [0.4, 0.5) is 0 Å². The molecular formula is C31H45NO9. The van der Waals surface area contributed by atoms with Crippen molar-refractivity contribution in [3.05, 3.63) is 35.9 Å². The average Bonchev–Trinajstić information content (AvgIpc) is 3.37. The molecule has 6 aliphatic rings. The van der Waals surface area contributed by atoms with Gasteiger partial charge in [0.1, 0.15) is 23.4 Å². The van der Waals surface area contributed by atoms with E-state index in [0.29, 0.717) is 19.6 Å². The smallest absolute Gasteiger partial charge is 0.120 e. The molecule has 5 aliphatic carbocycles. The lowest BCUT2D eigenvalue weighted by Gasteiger charge is -2.69. The molecule has 1 aromatic rings. The highest BCUT2D eigenvalue weighted by Gasteiger charge is 2.90. The first-order valence-electron chi connectivity index (χ1n) is 14.9. The van der Waals surface area contributed by atoms with Gasteiger partial charge in [-0.3, -0.25) is 0 Å². The van der Waals surface area contributed by atoms with E-state index in [2.05, 4.69) is 4.90 Å². The van der Waals surface area contributed by atoms with Crippen LogP contribution in [-0.2, 0) is 30.3 Å². The van der Waals surface area contributed by atoms with E-state index in [1.54, 1.807) is 21.3 Å². The van der Waals surface area contributed by atoms with E-state index < -0.39 is 64.4 Å². The molecule has 1 saturated heterocycles. The Labute approximate surface area is 241 Å². The number of hydrogen-bond acceptors (Lipinski definition) is 10. The Morgan fingerprint density at radius 3 is 2.32 bits per heavy atom. The molecule has 10 heteroatoms. The highest BCUT2D eigenvalue weighted by atomic mass is 16.5. The molecule has 1 aromatic carbocycles. The third kappa shape index (κ3) is 3.12. The monoisotopic (exact) mass is 575 g/mol. The second kappa shape index (κ2) is 9.41. The fourth-order valence-corrected chi connectivity index (χ4v) is 11.9. The first-order valence-corrected chi connectivity index (χ1v) is 14.9. The summed E-state index contributed by atoms with van der Waals surface area (Å²) in [5.41, 5.74) is -3.58. The van der Waals surface area contributed by atoms with E-state index in [0.717, 1.165) is 5.56 Å². The molecule has 15 atom stereocenters. The summed E-state index contributed by atoms with van der Waals surface area (Å²) in [4.78, 5) is 2.23. The number of hydrogen-bond donors (Lipinski definition) is 4. The average molecular weight is 576 g/mol. The molecular weight excluding hydrogens is 530 g/mol. The molecule has 10 nitrogen and oxygen atoms in total. The van der Waals surface area contributed by atoms with Gasteiger partial charge in [0.25, 0.3) is 0 Å². The number of likely N-dealkylation sites (tertiary alicyclic amines) is 1. The number of ether oxygens (including phenoxy) is 5. The second-order valence-electron chi connectivity index (χ2n) is 13.7. The van der Waals surface area contributed by atoms with Crippen molar-refractivity contribution in [2.24, 2.45) is 34.5 Å². The van der Waals surface area contributed by atoms with Crippen LogP contribution in [-0.4, -0.2) is 128 Å². The van der Waals surface area contributed by atoms with Crippen molar-refractivity contribution in [3.63, 3.8) is 0 Å². The number of nitrogens with zero attached hydrogens (tertiary/aromatic N) is 1. The zero-order valence-electron chi connectivity index (χ0n) is 24.6. The lowest BCUT2D eigenvalue weighted by Crippen LogP contribution is -2.80. The highest BCUT2D eigenvalue weighted by Crippen LogP contribution is 2.80. The third-order valence-corrected chi connectivity index (χ3v) is 12.6. The number of rotatable bonds is 8. The van der Waals surface area contributed by atoms with Crippen LogP contribution < -0.4 is 0 Å². The first kappa shape index (κ1) is 28.6. The zero-order valence-corrected chi connectivity index (χ0v) is 24.6. The van der Waals surface area contributed by atoms with Gasteiger partial charge in [-0.2, -0.15) is 0 Å². The van der Waals surface area contributed by atoms with Gasteiger partial charge in [-0.15, -0.1) is 0 Å². The standard InChI is InChI=1S/C31H45NO9/c1-32-14-28(15-37-2)18(33)11-19(38-3)30-17-12-29(35)26(41-13-16-9-7-6-8-10-16)20(17)31(36,25(34)27(29)40-5)21(24(30)32)22(39-4)23(28)30/h6-10,17-27,33-36H,11-15H2,1-5H3/t17?,18-,19+,20?,21?,22+,23?,24?,25-,26-,27+,28+,29+,30?,31-/m1/s1. The van der Waals surface area contributed by atoms with Crippen LogP contribution in [0, 0.1) is 34.5 Å². The fourth-order valence-electron chi connectivity index (χ4n) is 11.9. The number of piperidine rings is 1. The van der Waals surface area contributed by atoms with E-state index in [-0.39, 0.29) is 37.0 Å². The van der Waals surface area contributed by atoms with Crippen molar-refractivity contribution in [3.8, 4) is 0 Å². The van der Waals surface area contributed by atoms with E-state index in [1.165, 1.54) is 7.11 Å². The van der Waals surface area contributed by atoms with E-state index in [1.807, 2.05) is 37.4 Å². The third-order valence-electron chi connectivity index (χ3n) is 12.6.